The van der Waals surface area contributed by atoms with E-state index in [-0.39, 0.29) is 36.4 Å². The number of hydrogen-bond donors (Lipinski definition) is 1. The van der Waals surface area contributed by atoms with Crippen molar-refractivity contribution in [3.8, 4) is 5.75 Å². The lowest BCUT2D eigenvalue weighted by Gasteiger charge is -2.31. The minimum absolute atomic E-state index is 0.00367. The molecule has 1 heterocycles. The van der Waals surface area contributed by atoms with Crippen LogP contribution in [0.4, 0.5) is 0 Å². The van der Waals surface area contributed by atoms with Crippen molar-refractivity contribution in [2.24, 2.45) is 5.92 Å². The molecule has 0 unspecified atom stereocenters. The third kappa shape index (κ3) is 9.01. The zero-order valence-electron chi connectivity index (χ0n) is 19.9. The predicted octanol–water partition coefficient (Wildman–Crippen LogP) is 4.76. The third-order valence-electron chi connectivity index (χ3n) is 6.06. The largest absolute Gasteiger partial charge is 0.494 e. The van der Waals surface area contributed by atoms with Gasteiger partial charge in [-0.1, -0.05) is 39.5 Å². The minimum atomic E-state index is -0.0303. The standard InChI is InChI=1S/C26H40N2O4/c1-3-5-7-17-27-26(31)22-15-18-28(19-16-22)25(30)14-13-24(29)21-9-11-23(12-10-21)32-20-8-6-4-2/h9-12,22H,3-8,13-20H2,1-2H3,(H,27,31). The van der Waals surface area contributed by atoms with Crippen molar-refractivity contribution in [3.63, 3.8) is 0 Å². The maximum Gasteiger partial charge on any atom is 0.223 e. The molecule has 2 rings (SSSR count). The first kappa shape index (κ1) is 25.9. The van der Waals surface area contributed by atoms with E-state index in [0.717, 1.165) is 50.8 Å². The molecular formula is C26H40N2O4. The Kier molecular flexibility index (Phi) is 11.8. The van der Waals surface area contributed by atoms with Gasteiger partial charge in [-0.15, -0.1) is 0 Å². The van der Waals surface area contributed by atoms with Crippen LogP contribution in [-0.2, 0) is 9.59 Å². The first-order valence-corrected chi connectivity index (χ1v) is 12.4. The summed E-state index contributed by atoms with van der Waals surface area (Å²) in [5.41, 5.74) is 0.608. The number of piperidine rings is 1. The van der Waals surface area contributed by atoms with Crippen LogP contribution in [0.1, 0.15) is 88.4 Å². The summed E-state index contributed by atoms with van der Waals surface area (Å²) in [7, 11) is 0. The normalized spacial score (nSPS) is 14.2. The number of likely N-dealkylation sites (tertiary alicyclic amines) is 1. The molecule has 6 heteroatoms. The zero-order valence-corrected chi connectivity index (χ0v) is 19.9. The van der Waals surface area contributed by atoms with E-state index in [9.17, 15) is 14.4 Å². The molecule has 6 nitrogen and oxygen atoms in total. The molecular weight excluding hydrogens is 404 g/mol. The molecule has 0 radical (unpaired) electrons. The molecule has 0 spiro atoms. The molecule has 1 aromatic carbocycles. The number of rotatable bonds is 14. The van der Waals surface area contributed by atoms with E-state index in [0.29, 0.717) is 38.1 Å². The number of hydrogen-bond acceptors (Lipinski definition) is 4. The predicted molar refractivity (Wildman–Crippen MR) is 127 cm³/mol. The van der Waals surface area contributed by atoms with Gasteiger partial charge in [0.15, 0.2) is 5.78 Å². The highest BCUT2D eigenvalue weighted by atomic mass is 16.5. The van der Waals surface area contributed by atoms with Gasteiger partial charge < -0.3 is 15.0 Å². The summed E-state index contributed by atoms with van der Waals surface area (Å²) in [5, 5.41) is 3.01. The molecule has 1 aliphatic heterocycles. The number of unbranched alkanes of at least 4 members (excludes halogenated alkanes) is 4. The zero-order chi connectivity index (χ0) is 23.2. The van der Waals surface area contributed by atoms with Gasteiger partial charge in [-0.05, 0) is 49.9 Å². The monoisotopic (exact) mass is 444 g/mol. The van der Waals surface area contributed by atoms with Crippen LogP contribution >= 0.6 is 0 Å². The van der Waals surface area contributed by atoms with E-state index in [1.807, 2.05) is 12.1 Å². The van der Waals surface area contributed by atoms with Crippen LogP contribution < -0.4 is 10.1 Å². The Morgan fingerprint density at radius 1 is 0.938 bits per heavy atom. The molecule has 1 aliphatic rings. The van der Waals surface area contributed by atoms with E-state index >= 15 is 0 Å². The van der Waals surface area contributed by atoms with Crippen LogP contribution in [0.25, 0.3) is 0 Å². The fraction of sp³-hybridized carbons (Fsp3) is 0.654. The molecule has 1 fully saturated rings. The van der Waals surface area contributed by atoms with Crippen LogP contribution in [0.2, 0.25) is 0 Å². The van der Waals surface area contributed by atoms with Gasteiger partial charge >= 0.3 is 0 Å². The highest BCUT2D eigenvalue weighted by Gasteiger charge is 2.27. The minimum Gasteiger partial charge on any atom is -0.494 e. The van der Waals surface area contributed by atoms with Gasteiger partial charge in [-0.3, -0.25) is 14.4 Å². The summed E-state index contributed by atoms with van der Waals surface area (Å²) in [6.07, 6.45) is 8.41. The van der Waals surface area contributed by atoms with Gasteiger partial charge in [0.1, 0.15) is 5.75 Å². The smallest absolute Gasteiger partial charge is 0.223 e. The maximum atomic E-state index is 12.5. The van der Waals surface area contributed by atoms with Crippen LogP contribution in [-0.4, -0.2) is 48.7 Å². The Morgan fingerprint density at radius 3 is 2.25 bits per heavy atom. The van der Waals surface area contributed by atoms with E-state index in [1.165, 1.54) is 0 Å². The summed E-state index contributed by atoms with van der Waals surface area (Å²) in [4.78, 5) is 39.0. The topological polar surface area (TPSA) is 75.7 Å². The Morgan fingerprint density at radius 2 is 1.59 bits per heavy atom. The molecule has 0 bridgehead atoms. The van der Waals surface area contributed by atoms with Gasteiger partial charge in [0, 0.05) is 44.0 Å². The van der Waals surface area contributed by atoms with Crippen LogP contribution in [0.5, 0.6) is 5.75 Å². The van der Waals surface area contributed by atoms with E-state index in [1.54, 1.807) is 17.0 Å². The molecule has 2 amide bonds. The summed E-state index contributed by atoms with van der Waals surface area (Å²) in [6.45, 7) is 6.90. The van der Waals surface area contributed by atoms with Crippen molar-refractivity contribution >= 4 is 17.6 Å². The van der Waals surface area contributed by atoms with Gasteiger partial charge in [-0.2, -0.15) is 0 Å². The van der Waals surface area contributed by atoms with Gasteiger partial charge in [0.2, 0.25) is 11.8 Å². The van der Waals surface area contributed by atoms with Crippen molar-refractivity contribution in [1.82, 2.24) is 10.2 Å². The van der Waals surface area contributed by atoms with Gasteiger partial charge in [0.05, 0.1) is 6.61 Å². The quantitative estimate of drug-likeness (QED) is 0.331. The lowest BCUT2D eigenvalue weighted by molar-refractivity contribution is -0.135. The SMILES string of the molecule is CCCCCNC(=O)C1CCN(C(=O)CCC(=O)c2ccc(OCCCCC)cc2)CC1. The molecule has 32 heavy (non-hydrogen) atoms. The highest BCUT2D eigenvalue weighted by Crippen LogP contribution is 2.19. The van der Waals surface area contributed by atoms with Crippen molar-refractivity contribution < 1.29 is 19.1 Å². The average molecular weight is 445 g/mol. The van der Waals surface area contributed by atoms with Gasteiger partial charge in [0.25, 0.3) is 0 Å². The molecule has 0 atom stereocenters. The second-order valence-corrected chi connectivity index (χ2v) is 8.66. The van der Waals surface area contributed by atoms with E-state index in [2.05, 4.69) is 19.2 Å². The summed E-state index contributed by atoms with van der Waals surface area (Å²) >= 11 is 0. The van der Waals surface area contributed by atoms with Crippen molar-refractivity contribution in [3.05, 3.63) is 29.8 Å². The van der Waals surface area contributed by atoms with Crippen LogP contribution in [0.3, 0.4) is 0 Å². The molecule has 1 saturated heterocycles. The molecule has 0 saturated carbocycles. The van der Waals surface area contributed by atoms with E-state index < -0.39 is 0 Å². The first-order chi connectivity index (χ1) is 15.5. The van der Waals surface area contributed by atoms with E-state index in [4.69, 9.17) is 4.74 Å². The number of carbonyl (C=O) groups excluding carboxylic acids is 3. The summed E-state index contributed by atoms with van der Waals surface area (Å²) in [6, 6.07) is 7.18. The first-order valence-electron chi connectivity index (χ1n) is 12.4. The number of nitrogens with zero attached hydrogens (tertiary/aromatic N) is 1. The molecule has 178 valence electrons. The number of ketones is 1. The number of carbonyl (C=O) groups is 3. The second-order valence-electron chi connectivity index (χ2n) is 8.66. The maximum absolute atomic E-state index is 12.5. The van der Waals surface area contributed by atoms with Gasteiger partial charge in [-0.25, -0.2) is 0 Å². The Labute approximate surface area is 193 Å². The third-order valence-corrected chi connectivity index (χ3v) is 6.06. The fourth-order valence-electron chi connectivity index (χ4n) is 3.92. The lowest BCUT2D eigenvalue weighted by atomic mass is 9.95. The molecule has 1 N–H and O–H groups in total. The summed E-state index contributed by atoms with van der Waals surface area (Å²) in [5.74, 6) is 0.838. The Hall–Kier alpha value is -2.37. The van der Waals surface area contributed by atoms with Crippen molar-refractivity contribution in [2.45, 2.75) is 78.1 Å². The number of benzene rings is 1. The second kappa shape index (κ2) is 14.6. The van der Waals surface area contributed by atoms with Crippen molar-refractivity contribution in [1.29, 1.82) is 0 Å². The molecule has 1 aromatic rings. The number of amides is 2. The molecule has 0 aromatic heterocycles. The fourth-order valence-corrected chi connectivity index (χ4v) is 3.92. The number of Topliss-reactive ketones (excluding diaryl/α,β-unsaturated/α-hetero) is 1. The van der Waals surface area contributed by atoms with Crippen LogP contribution in [0.15, 0.2) is 24.3 Å². The highest BCUT2D eigenvalue weighted by molar-refractivity contribution is 5.98. The molecule has 0 aliphatic carbocycles. The Bertz CT molecular complexity index is 709. The van der Waals surface area contributed by atoms with Crippen LogP contribution in [0, 0.1) is 5.92 Å². The Balaban J connectivity index is 1.67. The number of ether oxygens (including phenoxy) is 1. The van der Waals surface area contributed by atoms with Crippen molar-refractivity contribution in [2.75, 3.05) is 26.2 Å². The summed E-state index contributed by atoms with van der Waals surface area (Å²) < 4.78 is 5.68. The average Bonchev–Trinajstić information content (AvgIpc) is 2.83. The lowest BCUT2D eigenvalue weighted by Crippen LogP contribution is -2.43. The number of nitrogens with one attached hydrogen (secondary N) is 1.